The molecule has 0 bridgehead atoms. The Morgan fingerprint density at radius 2 is 1.52 bits per heavy atom. The van der Waals surface area contributed by atoms with Gasteiger partial charge >= 0.3 is 13.4 Å². The van der Waals surface area contributed by atoms with Crippen molar-refractivity contribution in [1.29, 1.82) is 0 Å². The van der Waals surface area contributed by atoms with Gasteiger partial charge in [-0.3, -0.25) is 9.05 Å². The SMILES string of the molecule is COc1ccc(-c2cc(=O)oc3c(OC)c(OC)c(OC)cc23)cc1OP(=O)(OCC1=CCCC=C1)OCc1ccccc1. The second-order valence-corrected chi connectivity index (χ2v) is 11.3. The third-order valence-electron chi connectivity index (χ3n) is 6.92. The number of benzene rings is 3. The van der Waals surface area contributed by atoms with Crippen LogP contribution >= 0.6 is 7.82 Å². The summed E-state index contributed by atoms with van der Waals surface area (Å²) < 4.78 is 59.4. The van der Waals surface area contributed by atoms with E-state index in [1.54, 1.807) is 24.3 Å². The quantitative estimate of drug-likeness (QED) is 0.110. The van der Waals surface area contributed by atoms with Crippen LogP contribution in [0.3, 0.4) is 0 Å². The van der Waals surface area contributed by atoms with E-state index in [1.807, 2.05) is 48.6 Å². The second-order valence-electron chi connectivity index (χ2n) is 9.70. The van der Waals surface area contributed by atoms with Crippen LogP contribution in [-0.4, -0.2) is 35.0 Å². The second kappa shape index (κ2) is 13.9. The van der Waals surface area contributed by atoms with Crippen molar-refractivity contribution in [2.75, 3.05) is 35.0 Å². The molecule has 0 spiro atoms. The van der Waals surface area contributed by atoms with E-state index in [4.69, 9.17) is 36.9 Å². The van der Waals surface area contributed by atoms with Gasteiger partial charge in [0.1, 0.15) is 0 Å². The number of phosphoric acid groups is 1. The highest BCUT2D eigenvalue weighted by Crippen LogP contribution is 2.53. The maximum atomic E-state index is 14.1. The Balaban J connectivity index is 1.57. The maximum absolute atomic E-state index is 14.1. The Bertz CT molecular complexity index is 1790. The molecule has 0 aliphatic heterocycles. The fraction of sp³-hybridized carbons (Fsp3) is 0.242. The summed E-state index contributed by atoms with van der Waals surface area (Å²) in [5, 5.41) is 0.506. The van der Waals surface area contributed by atoms with Crippen LogP contribution in [0.1, 0.15) is 18.4 Å². The van der Waals surface area contributed by atoms with Crippen LogP contribution < -0.4 is 29.1 Å². The van der Waals surface area contributed by atoms with Crippen molar-refractivity contribution >= 4 is 18.8 Å². The first-order valence-corrected chi connectivity index (χ1v) is 15.3. The van der Waals surface area contributed by atoms with Gasteiger partial charge in [-0.2, -0.15) is 0 Å². The Morgan fingerprint density at radius 3 is 2.20 bits per heavy atom. The number of phosphoric ester groups is 1. The number of methoxy groups -OCH3 is 4. The third-order valence-corrected chi connectivity index (χ3v) is 8.23. The summed E-state index contributed by atoms with van der Waals surface area (Å²) in [6.07, 6.45) is 7.77. The molecule has 0 amide bonds. The van der Waals surface area contributed by atoms with Gasteiger partial charge in [0.25, 0.3) is 0 Å². The smallest absolute Gasteiger partial charge is 0.493 e. The molecule has 1 heterocycles. The van der Waals surface area contributed by atoms with Crippen molar-refractivity contribution in [3.05, 3.63) is 100 Å². The average molecular weight is 621 g/mol. The first kappa shape index (κ1) is 30.9. The molecule has 0 fully saturated rings. The molecule has 44 heavy (non-hydrogen) atoms. The van der Waals surface area contributed by atoms with Crippen LogP contribution in [0, 0.1) is 0 Å². The summed E-state index contributed by atoms with van der Waals surface area (Å²) in [5.41, 5.74) is 2.20. The van der Waals surface area contributed by atoms with Crippen LogP contribution in [0.4, 0.5) is 0 Å². The number of ether oxygens (including phenoxy) is 4. The minimum atomic E-state index is -4.21. The molecule has 5 rings (SSSR count). The van der Waals surface area contributed by atoms with Gasteiger partial charge in [0.15, 0.2) is 22.8 Å². The topological polar surface area (TPSA) is 112 Å². The standard InChI is InChI=1S/C33H33O10P/c1-36-27-16-15-24(25-19-30(34)42-31-26(25)18-29(37-2)32(38-3)33(31)39-4)17-28(27)43-44(35,40-20-22-11-7-5-8-12-22)41-21-23-13-9-6-10-14-23/h5,7-9,11-19H,6,10,20-21H2,1-4H3. The van der Waals surface area contributed by atoms with Gasteiger partial charge in [-0.1, -0.05) is 54.6 Å². The first-order chi connectivity index (χ1) is 21.4. The average Bonchev–Trinajstić information content (AvgIpc) is 3.06. The van der Waals surface area contributed by atoms with Crippen LogP contribution in [-0.2, 0) is 20.2 Å². The molecule has 1 aliphatic carbocycles. The van der Waals surface area contributed by atoms with Crippen molar-refractivity contribution in [1.82, 2.24) is 0 Å². The predicted molar refractivity (Wildman–Crippen MR) is 166 cm³/mol. The predicted octanol–water partition coefficient (Wildman–Crippen LogP) is 7.49. The molecule has 1 aliphatic rings. The summed E-state index contributed by atoms with van der Waals surface area (Å²) in [6, 6.07) is 17.3. The summed E-state index contributed by atoms with van der Waals surface area (Å²) in [6.45, 7) is 0.0111. The lowest BCUT2D eigenvalue weighted by Crippen LogP contribution is -2.07. The largest absolute Gasteiger partial charge is 0.530 e. The summed E-state index contributed by atoms with van der Waals surface area (Å²) in [5.74, 6) is 1.21. The molecule has 0 saturated carbocycles. The van der Waals surface area contributed by atoms with E-state index in [9.17, 15) is 9.36 Å². The minimum absolute atomic E-state index is 0.0131. The molecular formula is C33H33O10P. The van der Waals surface area contributed by atoms with E-state index in [-0.39, 0.29) is 41.8 Å². The summed E-state index contributed by atoms with van der Waals surface area (Å²) in [4.78, 5) is 12.7. The van der Waals surface area contributed by atoms with E-state index in [0.29, 0.717) is 22.3 Å². The molecule has 1 unspecified atom stereocenters. The molecule has 0 radical (unpaired) electrons. The van der Waals surface area contributed by atoms with Gasteiger partial charge in [-0.05, 0) is 47.7 Å². The molecule has 0 N–H and O–H groups in total. The van der Waals surface area contributed by atoms with Crippen molar-refractivity contribution < 1.29 is 41.5 Å². The van der Waals surface area contributed by atoms with Crippen LogP contribution in [0.15, 0.2) is 93.7 Å². The van der Waals surface area contributed by atoms with E-state index >= 15 is 0 Å². The normalized spacial score (nSPS) is 14.0. The van der Waals surface area contributed by atoms with Crippen LogP contribution in [0.5, 0.6) is 28.7 Å². The Labute approximate surface area is 255 Å². The van der Waals surface area contributed by atoms with Crippen molar-refractivity contribution in [2.45, 2.75) is 19.4 Å². The van der Waals surface area contributed by atoms with E-state index in [0.717, 1.165) is 24.0 Å². The zero-order chi connectivity index (χ0) is 31.1. The number of allylic oxidation sites excluding steroid dienone is 2. The van der Waals surface area contributed by atoms with Gasteiger partial charge in [0.05, 0.1) is 41.7 Å². The van der Waals surface area contributed by atoms with E-state index < -0.39 is 13.4 Å². The minimum Gasteiger partial charge on any atom is -0.493 e. The molecule has 4 aromatic rings. The van der Waals surface area contributed by atoms with Gasteiger partial charge < -0.3 is 27.9 Å². The van der Waals surface area contributed by atoms with Crippen molar-refractivity contribution in [2.24, 2.45) is 0 Å². The summed E-state index contributed by atoms with van der Waals surface area (Å²) in [7, 11) is 1.65. The van der Waals surface area contributed by atoms with Crippen LogP contribution in [0.2, 0.25) is 0 Å². The number of fused-ring (bicyclic) bond motifs is 1. The molecule has 3 aromatic carbocycles. The lowest BCUT2D eigenvalue weighted by Gasteiger charge is -2.21. The Hall–Kier alpha value is -4.50. The third kappa shape index (κ3) is 6.83. The molecule has 0 saturated heterocycles. The number of rotatable bonds is 13. The lowest BCUT2D eigenvalue weighted by molar-refractivity contribution is 0.157. The highest BCUT2D eigenvalue weighted by Gasteiger charge is 2.31. The zero-order valence-corrected chi connectivity index (χ0v) is 25.8. The first-order valence-electron chi connectivity index (χ1n) is 13.8. The molecule has 1 aromatic heterocycles. The molecule has 1 atom stereocenters. The van der Waals surface area contributed by atoms with E-state index in [2.05, 4.69) is 0 Å². The molecule has 11 heteroatoms. The van der Waals surface area contributed by atoms with Gasteiger partial charge in [0, 0.05) is 17.0 Å². The Morgan fingerprint density at radius 1 is 0.773 bits per heavy atom. The van der Waals surface area contributed by atoms with Crippen molar-refractivity contribution in [3.63, 3.8) is 0 Å². The number of hydrogen-bond donors (Lipinski definition) is 0. The van der Waals surface area contributed by atoms with Crippen molar-refractivity contribution in [3.8, 4) is 39.9 Å². The lowest BCUT2D eigenvalue weighted by atomic mass is 10.0. The fourth-order valence-electron chi connectivity index (χ4n) is 4.78. The van der Waals surface area contributed by atoms with Gasteiger partial charge in [-0.25, -0.2) is 9.36 Å². The van der Waals surface area contributed by atoms with Gasteiger partial charge in [0.2, 0.25) is 11.5 Å². The Kier molecular flexibility index (Phi) is 9.75. The maximum Gasteiger partial charge on any atom is 0.530 e. The highest BCUT2D eigenvalue weighted by atomic mass is 31.2. The highest BCUT2D eigenvalue weighted by molar-refractivity contribution is 7.48. The van der Waals surface area contributed by atoms with E-state index in [1.165, 1.54) is 34.5 Å². The van der Waals surface area contributed by atoms with Crippen LogP contribution in [0.25, 0.3) is 22.1 Å². The molecular weight excluding hydrogens is 587 g/mol. The van der Waals surface area contributed by atoms with Gasteiger partial charge in [-0.15, -0.1) is 0 Å². The monoisotopic (exact) mass is 620 g/mol. The molecule has 10 nitrogen and oxygen atoms in total. The number of hydrogen-bond acceptors (Lipinski definition) is 10. The molecule has 230 valence electrons. The fourth-order valence-corrected chi connectivity index (χ4v) is 5.96. The zero-order valence-electron chi connectivity index (χ0n) is 24.9. The summed E-state index contributed by atoms with van der Waals surface area (Å²) >= 11 is 0.